The fourth-order valence-electron chi connectivity index (χ4n) is 1.41. The smallest absolute Gasteiger partial charge is 0.107 e. The molecule has 0 saturated carbocycles. The first-order valence-corrected chi connectivity index (χ1v) is 5.60. The highest BCUT2D eigenvalue weighted by atomic mass is 16.6. The number of rotatable bonds is 9. The first kappa shape index (κ1) is 13.9. The highest BCUT2D eigenvalue weighted by Gasteiger charge is 2.20. The lowest BCUT2D eigenvalue weighted by Gasteiger charge is -2.25. The van der Waals surface area contributed by atoms with Crippen molar-refractivity contribution in [3.05, 3.63) is 0 Å². The fourth-order valence-corrected chi connectivity index (χ4v) is 1.41. The highest BCUT2D eigenvalue weighted by molar-refractivity contribution is 4.69. The lowest BCUT2D eigenvalue weighted by atomic mass is 10.1. The summed E-state index contributed by atoms with van der Waals surface area (Å²) in [4.78, 5) is 0. The highest BCUT2D eigenvalue weighted by Crippen LogP contribution is 2.09. The van der Waals surface area contributed by atoms with Crippen LogP contribution in [0, 0.1) is 0 Å². The molecule has 0 N–H and O–H groups in total. The molecule has 0 aromatic carbocycles. The third-order valence-electron chi connectivity index (χ3n) is 2.06. The van der Waals surface area contributed by atoms with Gasteiger partial charge in [-0.25, -0.2) is 0 Å². The van der Waals surface area contributed by atoms with Crippen LogP contribution in [0.5, 0.6) is 0 Å². The van der Waals surface area contributed by atoms with E-state index in [2.05, 4.69) is 6.92 Å². The summed E-state index contributed by atoms with van der Waals surface area (Å²) in [5.74, 6) is 0. The Labute approximate surface area is 87.7 Å². The van der Waals surface area contributed by atoms with E-state index < -0.39 is 0 Å². The van der Waals surface area contributed by atoms with E-state index in [9.17, 15) is 0 Å². The van der Waals surface area contributed by atoms with Crippen molar-refractivity contribution >= 4 is 0 Å². The molecule has 0 aliphatic carbocycles. The second-order valence-corrected chi connectivity index (χ2v) is 3.06. The average molecular weight is 204 g/mol. The molecule has 0 amide bonds. The van der Waals surface area contributed by atoms with Crippen LogP contribution in [-0.2, 0) is 14.2 Å². The van der Waals surface area contributed by atoms with E-state index in [-0.39, 0.29) is 12.2 Å². The molecular weight excluding hydrogens is 180 g/mol. The molecule has 2 unspecified atom stereocenters. The monoisotopic (exact) mass is 204 g/mol. The minimum absolute atomic E-state index is 0.0740. The number of hydrogen-bond donors (Lipinski definition) is 0. The van der Waals surface area contributed by atoms with Crippen molar-refractivity contribution < 1.29 is 14.2 Å². The van der Waals surface area contributed by atoms with E-state index in [4.69, 9.17) is 14.2 Å². The van der Waals surface area contributed by atoms with Gasteiger partial charge < -0.3 is 14.2 Å². The van der Waals surface area contributed by atoms with Crippen LogP contribution in [0.3, 0.4) is 0 Å². The van der Waals surface area contributed by atoms with Crippen molar-refractivity contribution in [1.82, 2.24) is 0 Å². The van der Waals surface area contributed by atoms with Crippen molar-refractivity contribution in [3.63, 3.8) is 0 Å². The third-order valence-corrected chi connectivity index (χ3v) is 2.06. The Balaban J connectivity index is 3.97. The van der Waals surface area contributed by atoms with E-state index in [0.717, 1.165) is 19.6 Å². The van der Waals surface area contributed by atoms with E-state index in [1.54, 1.807) is 0 Å². The van der Waals surface area contributed by atoms with Crippen LogP contribution in [0.1, 0.15) is 34.1 Å². The largest absolute Gasteiger partial charge is 0.379 e. The molecular formula is C11H24O3. The summed E-state index contributed by atoms with van der Waals surface area (Å²) in [5, 5.41) is 0. The second-order valence-electron chi connectivity index (χ2n) is 3.06. The topological polar surface area (TPSA) is 27.7 Å². The van der Waals surface area contributed by atoms with Crippen molar-refractivity contribution in [3.8, 4) is 0 Å². The van der Waals surface area contributed by atoms with E-state index in [1.807, 2.05) is 20.8 Å². The quantitative estimate of drug-likeness (QED) is 0.576. The molecule has 0 saturated heterocycles. The molecule has 0 rings (SSSR count). The van der Waals surface area contributed by atoms with Crippen LogP contribution in [-0.4, -0.2) is 38.6 Å². The van der Waals surface area contributed by atoms with Crippen LogP contribution in [0.4, 0.5) is 0 Å². The molecule has 0 fully saturated rings. The van der Waals surface area contributed by atoms with Crippen LogP contribution in [0.15, 0.2) is 0 Å². The van der Waals surface area contributed by atoms with Crippen molar-refractivity contribution in [2.75, 3.05) is 26.4 Å². The zero-order chi connectivity index (χ0) is 10.8. The fraction of sp³-hybridized carbons (Fsp3) is 1.00. The van der Waals surface area contributed by atoms with E-state index >= 15 is 0 Å². The SMILES string of the molecule is CCOCC(OCC)C(CC)OCC. The molecule has 0 radical (unpaired) electrons. The van der Waals surface area contributed by atoms with Gasteiger partial charge in [-0.05, 0) is 27.2 Å². The minimum Gasteiger partial charge on any atom is -0.379 e. The van der Waals surface area contributed by atoms with Gasteiger partial charge in [0.15, 0.2) is 0 Å². The van der Waals surface area contributed by atoms with Gasteiger partial charge in [-0.1, -0.05) is 6.92 Å². The molecule has 0 bridgehead atoms. The molecule has 0 aromatic heterocycles. The molecule has 3 heteroatoms. The van der Waals surface area contributed by atoms with Gasteiger partial charge in [0.25, 0.3) is 0 Å². The maximum absolute atomic E-state index is 5.60. The van der Waals surface area contributed by atoms with Crippen LogP contribution in [0.25, 0.3) is 0 Å². The standard InChI is InChI=1S/C11H24O3/c1-5-10(13-7-3)11(14-8-4)9-12-6-2/h10-11H,5-9H2,1-4H3. The summed E-state index contributed by atoms with van der Waals surface area (Å²) in [6, 6.07) is 0. The van der Waals surface area contributed by atoms with Crippen LogP contribution >= 0.6 is 0 Å². The normalized spacial score (nSPS) is 15.4. The van der Waals surface area contributed by atoms with Gasteiger partial charge in [-0.15, -0.1) is 0 Å². The Morgan fingerprint density at radius 1 is 0.786 bits per heavy atom. The number of hydrogen-bond acceptors (Lipinski definition) is 3. The lowest BCUT2D eigenvalue weighted by molar-refractivity contribution is -0.0988. The van der Waals surface area contributed by atoms with Gasteiger partial charge in [0, 0.05) is 19.8 Å². The first-order valence-electron chi connectivity index (χ1n) is 5.60. The molecule has 14 heavy (non-hydrogen) atoms. The van der Waals surface area contributed by atoms with Crippen LogP contribution in [0.2, 0.25) is 0 Å². The predicted octanol–water partition coefficient (Wildman–Crippen LogP) is 2.24. The molecule has 2 atom stereocenters. The second kappa shape index (κ2) is 9.44. The Kier molecular flexibility index (Phi) is 9.35. The Bertz CT molecular complexity index is 117. The Morgan fingerprint density at radius 3 is 1.79 bits per heavy atom. The number of ether oxygens (including phenoxy) is 3. The zero-order valence-electron chi connectivity index (χ0n) is 9.91. The first-order chi connectivity index (χ1) is 6.79. The molecule has 0 aliphatic rings. The maximum atomic E-state index is 5.60. The van der Waals surface area contributed by atoms with Gasteiger partial charge in [0.1, 0.15) is 6.10 Å². The summed E-state index contributed by atoms with van der Waals surface area (Å²) >= 11 is 0. The lowest BCUT2D eigenvalue weighted by Crippen LogP contribution is -2.35. The van der Waals surface area contributed by atoms with Gasteiger partial charge in [-0.3, -0.25) is 0 Å². The van der Waals surface area contributed by atoms with Crippen LogP contribution < -0.4 is 0 Å². The molecule has 0 heterocycles. The summed E-state index contributed by atoms with van der Waals surface area (Å²) in [6.45, 7) is 10.9. The molecule has 0 aliphatic heterocycles. The van der Waals surface area contributed by atoms with Gasteiger partial charge in [0.05, 0.1) is 12.7 Å². The van der Waals surface area contributed by atoms with Gasteiger partial charge >= 0.3 is 0 Å². The predicted molar refractivity (Wildman–Crippen MR) is 57.6 cm³/mol. The molecule has 86 valence electrons. The van der Waals surface area contributed by atoms with Crippen molar-refractivity contribution in [2.45, 2.75) is 46.3 Å². The van der Waals surface area contributed by atoms with Gasteiger partial charge in [0.2, 0.25) is 0 Å². The Hall–Kier alpha value is -0.120. The average Bonchev–Trinajstić information content (AvgIpc) is 2.21. The summed E-state index contributed by atoms with van der Waals surface area (Å²) in [6.07, 6.45) is 1.20. The summed E-state index contributed by atoms with van der Waals surface area (Å²) in [7, 11) is 0. The Morgan fingerprint density at radius 2 is 1.36 bits per heavy atom. The van der Waals surface area contributed by atoms with Crippen molar-refractivity contribution in [1.29, 1.82) is 0 Å². The van der Waals surface area contributed by atoms with Gasteiger partial charge in [-0.2, -0.15) is 0 Å². The summed E-state index contributed by atoms with van der Waals surface area (Å²) in [5.41, 5.74) is 0. The van der Waals surface area contributed by atoms with E-state index in [1.165, 1.54) is 0 Å². The summed E-state index contributed by atoms with van der Waals surface area (Å²) < 4.78 is 16.6. The van der Waals surface area contributed by atoms with E-state index in [0.29, 0.717) is 13.2 Å². The minimum atomic E-state index is 0.0740. The molecule has 0 spiro atoms. The third kappa shape index (κ3) is 5.58. The molecule has 0 aromatic rings. The van der Waals surface area contributed by atoms with Crippen molar-refractivity contribution in [2.24, 2.45) is 0 Å². The molecule has 3 nitrogen and oxygen atoms in total. The maximum Gasteiger partial charge on any atom is 0.107 e. The zero-order valence-corrected chi connectivity index (χ0v) is 9.91.